The molecule has 0 radical (unpaired) electrons. The van der Waals surface area contributed by atoms with Gasteiger partial charge < -0.3 is 15.8 Å². The lowest BCUT2D eigenvalue weighted by Gasteiger charge is -2.52. The number of rotatable bonds is 3. The Balaban J connectivity index is 1.55. The third kappa shape index (κ3) is 2.75. The summed E-state index contributed by atoms with van der Waals surface area (Å²) in [6.07, 6.45) is 2.69. The fraction of sp³-hybridized carbons (Fsp3) is 0.533. The van der Waals surface area contributed by atoms with Crippen molar-refractivity contribution in [3.8, 4) is 0 Å². The van der Waals surface area contributed by atoms with Crippen LogP contribution in [0.15, 0.2) is 28.7 Å². The summed E-state index contributed by atoms with van der Waals surface area (Å²) in [7, 11) is 0. The van der Waals surface area contributed by atoms with Crippen molar-refractivity contribution in [2.24, 2.45) is 11.7 Å². The van der Waals surface area contributed by atoms with Crippen molar-refractivity contribution < 1.29 is 9.53 Å². The first kappa shape index (κ1) is 14.0. The summed E-state index contributed by atoms with van der Waals surface area (Å²) >= 11 is 3.38. The number of carbonyl (C=O) groups excluding carboxylic acids is 1. The molecule has 1 heterocycles. The summed E-state index contributed by atoms with van der Waals surface area (Å²) in [5.41, 5.74) is 7.14. The van der Waals surface area contributed by atoms with Gasteiger partial charge in [0.05, 0.1) is 18.6 Å². The molecule has 1 saturated carbocycles. The summed E-state index contributed by atoms with van der Waals surface area (Å²) < 4.78 is 6.74. The second-order valence-corrected chi connectivity index (χ2v) is 6.53. The van der Waals surface area contributed by atoms with Crippen LogP contribution in [-0.2, 0) is 16.0 Å². The predicted octanol–water partition coefficient (Wildman–Crippen LogP) is 1.61. The van der Waals surface area contributed by atoms with Gasteiger partial charge in [-0.1, -0.05) is 28.1 Å². The smallest absolute Gasteiger partial charge is 0.224 e. The van der Waals surface area contributed by atoms with Gasteiger partial charge in [0.1, 0.15) is 0 Å². The van der Waals surface area contributed by atoms with Crippen molar-refractivity contribution >= 4 is 21.8 Å². The number of benzene rings is 1. The molecule has 1 amide bonds. The number of hydrogen-bond donors (Lipinski definition) is 2. The Bertz CT molecular complexity index is 491. The topological polar surface area (TPSA) is 64.3 Å². The second-order valence-electron chi connectivity index (χ2n) is 5.62. The Morgan fingerprint density at radius 2 is 2.15 bits per heavy atom. The van der Waals surface area contributed by atoms with Gasteiger partial charge in [-0.2, -0.15) is 0 Å². The summed E-state index contributed by atoms with van der Waals surface area (Å²) in [4.78, 5) is 12.1. The molecule has 20 heavy (non-hydrogen) atoms. The van der Waals surface area contributed by atoms with Crippen LogP contribution < -0.4 is 11.1 Å². The van der Waals surface area contributed by atoms with E-state index in [1.165, 1.54) is 0 Å². The lowest BCUT2D eigenvalue weighted by molar-refractivity contribution is -0.138. The number of nitrogens with two attached hydrogens (primary N) is 1. The van der Waals surface area contributed by atoms with E-state index >= 15 is 0 Å². The first-order chi connectivity index (χ1) is 9.65. The molecule has 2 fully saturated rings. The first-order valence-corrected chi connectivity index (χ1v) is 7.85. The molecule has 0 spiro atoms. The van der Waals surface area contributed by atoms with Gasteiger partial charge >= 0.3 is 0 Å². The standard InChI is InChI=1S/C15H19BrN2O2/c16-10-5-3-9(4-6-10)8-12(19)18-14-13(17)11-2-1-7-20-15(11)14/h3-6,11,13-15H,1-2,7-8,17H2,(H,18,19). The van der Waals surface area contributed by atoms with E-state index in [0.717, 1.165) is 29.5 Å². The molecule has 4 nitrogen and oxygen atoms in total. The average molecular weight is 339 g/mol. The summed E-state index contributed by atoms with van der Waals surface area (Å²) in [5.74, 6) is 0.433. The van der Waals surface area contributed by atoms with E-state index in [2.05, 4.69) is 21.2 Å². The molecule has 1 aromatic carbocycles. The normalized spacial score (nSPS) is 32.1. The maximum Gasteiger partial charge on any atom is 0.224 e. The Labute approximate surface area is 127 Å². The van der Waals surface area contributed by atoms with Crippen LogP contribution in [0.4, 0.5) is 0 Å². The Morgan fingerprint density at radius 3 is 2.90 bits per heavy atom. The highest BCUT2D eigenvalue weighted by Gasteiger charge is 2.50. The van der Waals surface area contributed by atoms with Crippen molar-refractivity contribution in [2.75, 3.05) is 6.61 Å². The molecule has 1 aromatic rings. The molecule has 3 rings (SSSR count). The molecule has 4 atom stereocenters. The molecule has 3 N–H and O–H groups in total. The van der Waals surface area contributed by atoms with Crippen LogP contribution >= 0.6 is 15.9 Å². The van der Waals surface area contributed by atoms with Crippen molar-refractivity contribution in [1.29, 1.82) is 0 Å². The maximum absolute atomic E-state index is 12.1. The monoisotopic (exact) mass is 338 g/mol. The fourth-order valence-electron chi connectivity index (χ4n) is 3.15. The molecule has 2 aliphatic rings. The number of ether oxygens (including phenoxy) is 1. The summed E-state index contributed by atoms with van der Waals surface area (Å²) in [6, 6.07) is 7.79. The molecular formula is C15H19BrN2O2. The van der Waals surface area contributed by atoms with E-state index in [-0.39, 0.29) is 24.1 Å². The summed E-state index contributed by atoms with van der Waals surface area (Å²) in [5, 5.41) is 3.03. The number of amides is 1. The molecule has 0 bridgehead atoms. The number of halogens is 1. The van der Waals surface area contributed by atoms with Crippen molar-refractivity contribution in [3.63, 3.8) is 0 Å². The van der Waals surface area contributed by atoms with Gasteiger partial charge in [-0.05, 0) is 30.5 Å². The highest BCUT2D eigenvalue weighted by Crippen LogP contribution is 2.36. The van der Waals surface area contributed by atoms with Crippen LogP contribution in [0.2, 0.25) is 0 Å². The largest absolute Gasteiger partial charge is 0.376 e. The van der Waals surface area contributed by atoms with Crippen molar-refractivity contribution in [3.05, 3.63) is 34.3 Å². The predicted molar refractivity (Wildman–Crippen MR) is 80.2 cm³/mol. The van der Waals surface area contributed by atoms with Crippen LogP contribution in [0.25, 0.3) is 0 Å². The minimum Gasteiger partial charge on any atom is -0.376 e. The Kier molecular flexibility index (Phi) is 4.10. The van der Waals surface area contributed by atoms with Gasteiger partial charge in [-0.25, -0.2) is 0 Å². The van der Waals surface area contributed by atoms with E-state index in [0.29, 0.717) is 12.3 Å². The Morgan fingerprint density at radius 1 is 1.40 bits per heavy atom. The van der Waals surface area contributed by atoms with E-state index in [9.17, 15) is 4.79 Å². The van der Waals surface area contributed by atoms with Crippen LogP contribution in [0.1, 0.15) is 18.4 Å². The molecule has 1 aliphatic heterocycles. The highest BCUT2D eigenvalue weighted by molar-refractivity contribution is 9.10. The zero-order valence-corrected chi connectivity index (χ0v) is 12.8. The highest BCUT2D eigenvalue weighted by atomic mass is 79.9. The van der Waals surface area contributed by atoms with E-state index in [4.69, 9.17) is 10.5 Å². The molecule has 108 valence electrons. The van der Waals surface area contributed by atoms with Gasteiger partial charge in [-0.3, -0.25) is 4.79 Å². The van der Waals surface area contributed by atoms with Crippen LogP contribution in [0, 0.1) is 5.92 Å². The molecule has 4 unspecified atom stereocenters. The molecular weight excluding hydrogens is 320 g/mol. The molecule has 1 saturated heterocycles. The van der Waals surface area contributed by atoms with E-state index in [1.54, 1.807) is 0 Å². The van der Waals surface area contributed by atoms with Crippen LogP contribution in [-0.4, -0.2) is 30.7 Å². The zero-order valence-electron chi connectivity index (χ0n) is 11.2. The van der Waals surface area contributed by atoms with Crippen LogP contribution in [0.3, 0.4) is 0 Å². The van der Waals surface area contributed by atoms with Crippen molar-refractivity contribution in [1.82, 2.24) is 5.32 Å². The van der Waals surface area contributed by atoms with Crippen molar-refractivity contribution in [2.45, 2.75) is 37.5 Å². The van der Waals surface area contributed by atoms with Gasteiger partial charge in [0, 0.05) is 23.0 Å². The maximum atomic E-state index is 12.1. The molecule has 0 aromatic heterocycles. The summed E-state index contributed by atoms with van der Waals surface area (Å²) in [6.45, 7) is 0.785. The first-order valence-electron chi connectivity index (χ1n) is 7.06. The molecule has 5 heteroatoms. The number of hydrogen-bond acceptors (Lipinski definition) is 3. The quantitative estimate of drug-likeness (QED) is 0.880. The lowest BCUT2D eigenvalue weighted by atomic mass is 9.68. The van der Waals surface area contributed by atoms with E-state index < -0.39 is 0 Å². The average Bonchev–Trinajstić information content (AvgIpc) is 2.47. The van der Waals surface area contributed by atoms with Gasteiger partial charge in [-0.15, -0.1) is 0 Å². The minimum absolute atomic E-state index is 0.0143. The fourth-order valence-corrected chi connectivity index (χ4v) is 3.41. The third-order valence-electron chi connectivity index (χ3n) is 4.28. The minimum atomic E-state index is -0.0248. The number of nitrogens with one attached hydrogen (secondary N) is 1. The number of carbonyl (C=O) groups is 1. The Hall–Kier alpha value is -0.910. The van der Waals surface area contributed by atoms with Crippen LogP contribution in [0.5, 0.6) is 0 Å². The lowest BCUT2D eigenvalue weighted by Crippen LogP contribution is -2.72. The van der Waals surface area contributed by atoms with E-state index in [1.807, 2.05) is 24.3 Å². The zero-order chi connectivity index (χ0) is 14.1. The third-order valence-corrected chi connectivity index (χ3v) is 4.81. The second kappa shape index (κ2) is 5.84. The van der Waals surface area contributed by atoms with Gasteiger partial charge in [0.15, 0.2) is 0 Å². The van der Waals surface area contributed by atoms with Gasteiger partial charge in [0.2, 0.25) is 5.91 Å². The number of fused-ring (bicyclic) bond motifs is 1. The van der Waals surface area contributed by atoms with Gasteiger partial charge in [0.25, 0.3) is 0 Å². The molecule has 1 aliphatic carbocycles. The SMILES string of the molecule is NC1C2CCCOC2C1NC(=O)Cc1ccc(Br)cc1.